The molecular weight excluding hydrogens is 176 g/mol. The standard InChI is InChI=1S/C11H18N2O/c1-4-11(12,8-14-3)10-6-5-9(2)13-7-10/h5-7H,4,8,12H2,1-3H3. The van der Waals surface area contributed by atoms with Crippen molar-refractivity contribution < 1.29 is 4.74 Å². The van der Waals surface area contributed by atoms with Crippen molar-refractivity contribution in [3.8, 4) is 0 Å². The molecule has 0 fully saturated rings. The molecule has 0 saturated carbocycles. The average molecular weight is 194 g/mol. The molecule has 0 amide bonds. The maximum Gasteiger partial charge on any atom is 0.0684 e. The molecule has 1 aromatic rings. The molecule has 0 saturated heterocycles. The number of methoxy groups -OCH3 is 1. The van der Waals surface area contributed by atoms with Crippen LogP contribution < -0.4 is 5.73 Å². The molecule has 78 valence electrons. The van der Waals surface area contributed by atoms with Crippen LogP contribution in [0.1, 0.15) is 24.6 Å². The van der Waals surface area contributed by atoms with E-state index in [0.717, 1.165) is 17.7 Å². The first-order valence-corrected chi connectivity index (χ1v) is 4.83. The lowest BCUT2D eigenvalue weighted by molar-refractivity contribution is 0.129. The van der Waals surface area contributed by atoms with Gasteiger partial charge in [-0.05, 0) is 25.0 Å². The zero-order valence-electron chi connectivity index (χ0n) is 9.08. The van der Waals surface area contributed by atoms with Crippen LogP contribution in [0.25, 0.3) is 0 Å². The SMILES string of the molecule is CCC(N)(COC)c1ccc(C)nc1. The maximum atomic E-state index is 6.21. The third-order valence-corrected chi connectivity index (χ3v) is 2.52. The van der Waals surface area contributed by atoms with Crippen LogP contribution in [0.4, 0.5) is 0 Å². The Labute approximate surface area is 85.3 Å². The lowest BCUT2D eigenvalue weighted by Crippen LogP contribution is -2.40. The van der Waals surface area contributed by atoms with E-state index in [-0.39, 0.29) is 0 Å². The van der Waals surface area contributed by atoms with E-state index < -0.39 is 5.54 Å². The number of pyridine rings is 1. The van der Waals surface area contributed by atoms with Crippen molar-refractivity contribution in [3.05, 3.63) is 29.6 Å². The van der Waals surface area contributed by atoms with Gasteiger partial charge in [-0.15, -0.1) is 0 Å². The number of aromatic nitrogens is 1. The zero-order valence-corrected chi connectivity index (χ0v) is 9.08. The molecule has 1 aromatic heterocycles. The molecule has 2 N–H and O–H groups in total. The van der Waals surface area contributed by atoms with Gasteiger partial charge in [-0.25, -0.2) is 0 Å². The van der Waals surface area contributed by atoms with Gasteiger partial charge in [0.25, 0.3) is 0 Å². The summed E-state index contributed by atoms with van der Waals surface area (Å²) in [7, 11) is 1.67. The number of ether oxygens (including phenoxy) is 1. The molecule has 14 heavy (non-hydrogen) atoms. The number of nitrogens with two attached hydrogens (primary N) is 1. The number of rotatable bonds is 4. The van der Waals surface area contributed by atoms with Gasteiger partial charge >= 0.3 is 0 Å². The third-order valence-electron chi connectivity index (χ3n) is 2.52. The molecule has 0 aromatic carbocycles. The highest BCUT2D eigenvalue weighted by Gasteiger charge is 2.25. The van der Waals surface area contributed by atoms with Crippen molar-refractivity contribution in [2.75, 3.05) is 13.7 Å². The fourth-order valence-electron chi connectivity index (χ4n) is 1.41. The first-order valence-electron chi connectivity index (χ1n) is 4.83. The van der Waals surface area contributed by atoms with Crippen molar-refractivity contribution in [2.45, 2.75) is 25.8 Å². The molecule has 0 aliphatic rings. The van der Waals surface area contributed by atoms with Gasteiger partial charge in [0.15, 0.2) is 0 Å². The van der Waals surface area contributed by atoms with Crippen LogP contribution in [-0.2, 0) is 10.3 Å². The topological polar surface area (TPSA) is 48.1 Å². The Morgan fingerprint density at radius 3 is 2.64 bits per heavy atom. The van der Waals surface area contributed by atoms with Gasteiger partial charge in [-0.3, -0.25) is 4.98 Å². The number of nitrogens with zero attached hydrogens (tertiary/aromatic N) is 1. The van der Waals surface area contributed by atoms with Crippen LogP contribution in [0.3, 0.4) is 0 Å². The molecule has 0 bridgehead atoms. The van der Waals surface area contributed by atoms with Gasteiger partial charge < -0.3 is 10.5 Å². The van der Waals surface area contributed by atoms with Crippen LogP contribution >= 0.6 is 0 Å². The molecule has 0 aliphatic heterocycles. The van der Waals surface area contributed by atoms with E-state index in [0.29, 0.717) is 6.61 Å². The smallest absolute Gasteiger partial charge is 0.0684 e. The summed E-state index contributed by atoms with van der Waals surface area (Å²) in [5.41, 5.74) is 7.85. The van der Waals surface area contributed by atoms with Crippen LogP contribution in [0.2, 0.25) is 0 Å². The largest absolute Gasteiger partial charge is 0.382 e. The summed E-state index contributed by atoms with van der Waals surface area (Å²) in [6.07, 6.45) is 2.67. The highest BCUT2D eigenvalue weighted by molar-refractivity contribution is 5.22. The molecule has 3 heteroatoms. The van der Waals surface area contributed by atoms with Crippen LogP contribution in [0.15, 0.2) is 18.3 Å². The van der Waals surface area contributed by atoms with Crippen LogP contribution in [0, 0.1) is 6.92 Å². The van der Waals surface area contributed by atoms with Crippen molar-refractivity contribution in [1.82, 2.24) is 4.98 Å². The second kappa shape index (κ2) is 4.53. The van der Waals surface area contributed by atoms with Gasteiger partial charge in [0.1, 0.15) is 0 Å². The highest BCUT2D eigenvalue weighted by Crippen LogP contribution is 2.21. The highest BCUT2D eigenvalue weighted by atomic mass is 16.5. The second-order valence-corrected chi connectivity index (χ2v) is 3.63. The molecule has 1 heterocycles. The molecule has 1 rings (SSSR count). The summed E-state index contributed by atoms with van der Waals surface area (Å²) in [6, 6.07) is 3.99. The lowest BCUT2D eigenvalue weighted by Gasteiger charge is -2.27. The minimum absolute atomic E-state index is 0.407. The Balaban J connectivity index is 2.94. The third kappa shape index (κ3) is 2.30. The summed E-state index contributed by atoms with van der Waals surface area (Å²) in [6.45, 7) is 4.54. The van der Waals surface area contributed by atoms with E-state index in [1.54, 1.807) is 7.11 Å². The minimum atomic E-state index is -0.407. The van der Waals surface area contributed by atoms with Crippen molar-refractivity contribution in [2.24, 2.45) is 5.73 Å². The predicted octanol–water partition coefficient (Wildman–Crippen LogP) is 1.60. The van der Waals surface area contributed by atoms with Gasteiger partial charge in [0.2, 0.25) is 0 Å². The predicted molar refractivity (Wildman–Crippen MR) is 57.0 cm³/mol. The summed E-state index contributed by atoms with van der Waals surface area (Å²) in [5, 5.41) is 0. The Hall–Kier alpha value is -0.930. The molecule has 0 aliphatic carbocycles. The molecular formula is C11H18N2O. The van der Waals surface area contributed by atoms with E-state index in [2.05, 4.69) is 11.9 Å². The average Bonchev–Trinajstić information content (AvgIpc) is 2.19. The van der Waals surface area contributed by atoms with E-state index in [9.17, 15) is 0 Å². The van der Waals surface area contributed by atoms with Crippen molar-refractivity contribution in [3.63, 3.8) is 0 Å². The van der Waals surface area contributed by atoms with Gasteiger partial charge in [0.05, 0.1) is 12.1 Å². The number of aryl methyl sites for hydroxylation is 1. The van der Waals surface area contributed by atoms with E-state index >= 15 is 0 Å². The molecule has 1 atom stereocenters. The van der Waals surface area contributed by atoms with Gasteiger partial charge in [-0.1, -0.05) is 13.0 Å². The Morgan fingerprint density at radius 1 is 1.50 bits per heavy atom. The molecule has 1 unspecified atom stereocenters. The summed E-state index contributed by atoms with van der Waals surface area (Å²) < 4.78 is 5.13. The minimum Gasteiger partial charge on any atom is -0.382 e. The first kappa shape index (κ1) is 11.1. The number of hydrogen-bond acceptors (Lipinski definition) is 3. The Bertz CT molecular complexity index is 284. The van der Waals surface area contributed by atoms with E-state index in [1.165, 1.54) is 0 Å². The fourth-order valence-corrected chi connectivity index (χ4v) is 1.41. The van der Waals surface area contributed by atoms with E-state index in [1.807, 2.05) is 25.3 Å². The summed E-state index contributed by atoms with van der Waals surface area (Å²) >= 11 is 0. The second-order valence-electron chi connectivity index (χ2n) is 3.63. The fraction of sp³-hybridized carbons (Fsp3) is 0.545. The first-order chi connectivity index (χ1) is 6.62. The van der Waals surface area contributed by atoms with Crippen LogP contribution in [0.5, 0.6) is 0 Å². The lowest BCUT2D eigenvalue weighted by atomic mass is 9.90. The molecule has 0 spiro atoms. The normalized spacial score (nSPS) is 15.1. The number of hydrogen-bond donors (Lipinski definition) is 1. The molecule has 3 nitrogen and oxygen atoms in total. The van der Waals surface area contributed by atoms with Crippen LogP contribution in [-0.4, -0.2) is 18.7 Å². The summed E-state index contributed by atoms with van der Waals surface area (Å²) in [4.78, 5) is 4.24. The van der Waals surface area contributed by atoms with Crippen molar-refractivity contribution in [1.29, 1.82) is 0 Å². The monoisotopic (exact) mass is 194 g/mol. The van der Waals surface area contributed by atoms with E-state index in [4.69, 9.17) is 10.5 Å². The maximum absolute atomic E-state index is 6.21. The van der Waals surface area contributed by atoms with Crippen molar-refractivity contribution >= 4 is 0 Å². The van der Waals surface area contributed by atoms with Gasteiger partial charge in [0, 0.05) is 19.0 Å². The quantitative estimate of drug-likeness (QED) is 0.792. The Kier molecular flexibility index (Phi) is 3.61. The summed E-state index contributed by atoms with van der Waals surface area (Å²) in [5.74, 6) is 0. The zero-order chi connectivity index (χ0) is 10.6. The van der Waals surface area contributed by atoms with Gasteiger partial charge in [-0.2, -0.15) is 0 Å². The molecule has 0 radical (unpaired) electrons. The Morgan fingerprint density at radius 2 is 2.21 bits per heavy atom.